The topological polar surface area (TPSA) is 66.3 Å². The fourth-order valence-corrected chi connectivity index (χ4v) is 5.90. The number of carbonyl (C=O) groups excluding carboxylic acids is 1. The van der Waals surface area contributed by atoms with Crippen molar-refractivity contribution in [3.63, 3.8) is 0 Å². The second-order valence-electron chi connectivity index (χ2n) is 10.3. The highest BCUT2D eigenvalue weighted by Gasteiger charge is 2.47. The zero-order valence-corrected chi connectivity index (χ0v) is 19.0. The lowest BCUT2D eigenvalue weighted by molar-refractivity contribution is 0.139. The largest absolute Gasteiger partial charge is 0.335 e. The number of hydrogen-bond acceptors (Lipinski definition) is 4. The van der Waals surface area contributed by atoms with E-state index in [1.165, 1.54) is 11.3 Å². The monoisotopic (exact) mass is 432 g/mol. The highest BCUT2D eigenvalue weighted by molar-refractivity contribution is 5.75. The summed E-state index contributed by atoms with van der Waals surface area (Å²) >= 11 is 0. The SMILES string of the molecule is CN(C)C1CC(NC(=O)N2CCC3(CCn4nc(-c5cnc6c(c5)CCC=C6)cc43)C2)C1. The molecule has 1 unspecified atom stereocenters. The van der Waals surface area contributed by atoms with Gasteiger partial charge < -0.3 is 15.1 Å². The van der Waals surface area contributed by atoms with Crippen molar-refractivity contribution in [2.24, 2.45) is 0 Å². The molecule has 7 nitrogen and oxygen atoms in total. The van der Waals surface area contributed by atoms with Gasteiger partial charge in [-0.2, -0.15) is 5.10 Å². The lowest BCUT2D eigenvalue weighted by atomic mass is 9.82. The van der Waals surface area contributed by atoms with E-state index in [9.17, 15) is 4.79 Å². The maximum atomic E-state index is 12.9. The van der Waals surface area contributed by atoms with Gasteiger partial charge in [-0.15, -0.1) is 0 Å². The minimum absolute atomic E-state index is 0.0404. The zero-order chi connectivity index (χ0) is 21.9. The van der Waals surface area contributed by atoms with E-state index in [2.05, 4.69) is 58.3 Å². The van der Waals surface area contributed by atoms with E-state index < -0.39 is 0 Å². The van der Waals surface area contributed by atoms with Crippen LogP contribution in [0.5, 0.6) is 0 Å². The molecule has 2 aliphatic heterocycles. The van der Waals surface area contributed by atoms with Crippen molar-refractivity contribution < 1.29 is 4.79 Å². The fourth-order valence-electron chi connectivity index (χ4n) is 5.90. The number of aromatic nitrogens is 3. The summed E-state index contributed by atoms with van der Waals surface area (Å²) in [5.74, 6) is 0. The summed E-state index contributed by atoms with van der Waals surface area (Å²) in [7, 11) is 4.23. The molecule has 1 saturated carbocycles. The number of allylic oxidation sites excluding steroid dienone is 1. The number of aryl methyl sites for hydroxylation is 2. The Kier molecular flexibility index (Phi) is 4.64. The third-order valence-corrected chi connectivity index (χ3v) is 8.09. The van der Waals surface area contributed by atoms with Crippen LogP contribution in [0.4, 0.5) is 4.79 Å². The van der Waals surface area contributed by atoms with Gasteiger partial charge in [0.1, 0.15) is 0 Å². The Morgan fingerprint density at radius 1 is 1.22 bits per heavy atom. The van der Waals surface area contributed by atoms with Crippen LogP contribution in [0.3, 0.4) is 0 Å². The van der Waals surface area contributed by atoms with Crippen molar-refractivity contribution in [1.82, 2.24) is 29.9 Å². The molecular formula is C25H32N6O. The quantitative estimate of drug-likeness (QED) is 0.810. The van der Waals surface area contributed by atoms with E-state index >= 15 is 0 Å². The third kappa shape index (κ3) is 3.25. The highest BCUT2D eigenvalue weighted by Crippen LogP contribution is 2.44. The molecule has 2 aromatic rings. The maximum absolute atomic E-state index is 12.9. The minimum atomic E-state index is 0.0404. The zero-order valence-electron chi connectivity index (χ0n) is 19.0. The Morgan fingerprint density at radius 2 is 2.06 bits per heavy atom. The summed E-state index contributed by atoms with van der Waals surface area (Å²) in [5.41, 5.74) is 5.84. The van der Waals surface area contributed by atoms with Crippen LogP contribution in [0.25, 0.3) is 17.3 Å². The molecule has 2 fully saturated rings. The van der Waals surface area contributed by atoms with Crippen LogP contribution in [0.15, 0.2) is 24.4 Å². The molecule has 0 aromatic carbocycles. The first-order chi connectivity index (χ1) is 15.5. The van der Waals surface area contributed by atoms with Crippen LogP contribution in [0, 0.1) is 0 Å². The summed E-state index contributed by atoms with van der Waals surface area (Å²) in [6.07, 6.45) is 12.6. The van der Waals surface area contributed by atoms with E-state index in [-0.39, 0.29) is 11.4 Å². The molecule has 2 aromatic heterocycles. The molecule has 7 heteroatoms. The molecule has 168 valence electrons. The molecule has 6 rings (SSSR count). The van der Waals surface area contributed by atoms with E-state index in [0.29, 0.717) is 12.1 Å². The van der Waals surface area contributed by atoms with Crippen LogP contribution in [-0.2, 0) is 18.4 Å². The summed E-state index contributed by atoms with van der Waals surface area (Å²) in [6, 6.07) is 5.53. The molecule has 0 bridgehead atoms. The highest BCUT2D eigenvalue weighted by atomic mass is 16.2. The first-order valence-electron chi connectivity index (χ1n) is 12.0. The molecule has 1 saturated heterocycles. The first kappa shape index (κ1) is 20.0. The minimum Gasteiger partial charge on any atom is -0.335 e. The van der Waals surface area contributed by atoms with E-state index in [1.54, 1.807) is 0 Å². The fraction of sp³-hybridized carbons (Fsp3) is 0.560. The lowest BCUT2D eigenvalue weighted by Gasteiger charge is -2.40. The van der Waals surface area contributed by atoms with Crippen molar-refractivity contribution in [1.29, 1.82) is 0 Å². The van der Waals surface area contributed by atoms with Gasteiger partial charge in [-0.1, -0.05) is 6.08 Å². The van der Waals surface area contributed by atoms with Crippen LogP contribution in [-0.4, -0.2) is 69.9 Å². The predicted octanol–water partition coefficient (Wildman–Crippen LogP) is 3.05. The van der Waals surface area contributed by atoms with Crippen molar-refractivity contribution in [3.8, 4) is 11.3 Å². The van der Waals surface area contributed by atoms with Crippen molar-refractivity contribution in [3.05, 3.63) is 41.4 Å². The molecule has 4 heterocycles. The van der Waals surface area contributed by atoms with Crippen LogP contribution in [0.1, 0.15) is 49.1 Å². The van der Waals surface area contributed by atoms with Crippen LogP contribution >= 0.6 is 0 Å². The maximum Gasteiger partial charge on any atom is 0.317 e. The summed E-state index contributed by atoms with van der Waals surface area (Å²) in [4.78, 5) is 21.8. The second kappa shape index (κ2) is 7.44. The van der Waals surface area contributed by atoms with Gasteiger partial charge in [-0.3, -0.25) is 9.67 Å². The molecule has 1 spiro atoms. The standard InChI is InChI=1S/C25H32N6O/c1-29(2)20-12-19(13-20)27-24(32)30-9-7-25(16-30)8-10-31-23(25)14-22(28-31)18-11-17-5-3-4-6-21(17)26-15-18/h4,6,11,14-15,19-20H,3,5,7-10,12-13,16H2,1-2H3,(H,27,32). The van der Waals surface area contributed by atoms with Gasteiger partial charge in [0.15, 0.2) is 0 Å². The summed E-state index contributed by atoms with van der Waals surface area (Å²) in [6.45, 7) is 2.54. The number of fused-ring (bicyclic) bond motifs is 3. The van der Waals surface area contributed by atoms with Gasteiger partial charge in [0, 0.05) is 54.6 Å². The molecule has 1 atom stereocenters. The van der Waals surface area contributed by atoms with Gasteiger partial charge in [0.05, 0.1) is 11.4 Å². The molecule has 2 aliphatic carbocycles. The predicted molar refractivity (Wildman–Crippen MR) is 124 cm³/mol. The Balaban J connectivity index is 1.16. The number of carbonyl (C=O) groups is 1. The van der Waals surface area contributed by atoms with Crippen molar-refractivity contribution in [2.45, 2.75) is 62.6 Å². The van der Waals surface area contributed by atoms with Gasteiger partial charge in [0.25, 0.3) is 0 Å². The van der Waals surface area contributed by atoms with Crippen LogP contribution < -0.4 is 5.32 Å². The lowest BCUT2D eigenvalue weighted by Crippen LogP contribution is -2.54. The Hall–Kier alpha value is -2.67. The Labute approximate surface area is 189 Å². The van der Waals surface area contributed by atoms with E-state index in [1.807, 2.05) is 11.1 Å². The van der Waals surface area contributed by atoms with Gasteiger partial charge in [-0.05, 0) is 76.4 Å². The first-order valence-corrected chi connectivity index (χ1v) is 12.0. The summed E-state index contributed by atoms with van der Waals surface area (Å²) in [5, 5.41) is 8.19. The van der Waals surface area contributed by atoms with E-state index in [0.717, 1.165) is 75.1 Å². The summed E-state index contributed by atoms with van der Waals surface area (Å²) < 4.78 is 2.17. The molecule has 0 radical (unpaired) electrons. The average Bonchev–Trinajstić information content (AvgIpc) is 3.46. The molecule has 2 amide bonds. The normalized spacial score (nSPS) is 28.2. The second-order valence-corrected chi connectivity index (χ2v) is 10.3. The van der Waals surface area contributed by atoms with E-state index in [4.69, 9.17) is 5.10 Å². The number of nitrogens with zero attached hydrogens (tertiary/aromatic N) is 5. The van der Waals surface area contributed by atoms with Gasteiger partial charge in [0.2, 0.25) is 0 Å². The van der Waals surface area contributed by atoms with Gasteiger partial charge in [-0.25, -0.2) is 4.79 Å². The Morgan fingerprint density at radius 3 is 2.91 bits per heavy atom. The molecule has 4 aliphatic rings. The number of urea groups is 1. The average molecular weight is 433 g/mol. The smallest absolute Gasteiger partial charge is 0.317 e. The number of likely N-dealkylation sites (tertiary alicyclic amines) is 1. The van der Waals surface area contributed by atoms with Crippen molar-refractivity contribution in [2.75, 3.05) is 27.2 Å². The molecule has 32 heavy (non-hydrogen) atoms. The van der Waals surface area contributed by atoms with Crippen LogP contribution in [0.2, 0.25) is 0 Å². The number of hydrogen-bond donors (Lipinski definition) is 1. The number of rotatable bonds is 3. The number of nitrogens with one attached hydrogen (secondary N) is 1. The van der Waals surface area contributed by atoms with Gasteiger partial charge >= 0.3 is 6.03 Å². The molecule has 1 N–H and O–H groups in total. The third-order valence-electron chi connectivity index (χ3n) is 8.09. The number of pyridine rings is 1. The number of amides is 2. The van der Waals surface area contributed by atoms with Crippen molar-refractivity contribution >= 4 is 12.1 Å². The Bertz CT molecular complexity index is 1080. The molecular weight excluding hydrogens is 400 g/mol.